The third kappa shape index (κ3) is 2.62. The van der Waals surface area contributed by atoms with Crippen molar-refractivity contribution in [3.8, 4) is 11.4 Å². The summed E-state index contributed by atoms with van der Waals surface area (Å²) < 4.78 is 6.71. The highest BCUT2D eigenvalue weighted by Crippen LogP contribution is 2.21. The van der Waals surface area contributed by atoms with E-state index in [2.05, 4.69) is 0 Å². The standard InChI is InChI=1S/C17H18N2O3/c1-22-15-11-16(20)19(13-7-3-2-4-8-13)12-14(15)17(21)18-9-5-6-10-18/h2-4,7-8,11-12H,5-6,9-10H2,1H3. The van der Waals surface area contributed by atoms with Crippen LogP contribution in [0.3, 0.4) is 0 Å². The first kappa shape index (κ1) is 14.4. The van der Waals surface area contributed by atoms with Crippen LogP contribution in [0.25, 0.3) is 5.69 Å². The maximum atomic E-state index is 12.7. The molecule has 1 amide bonds. The van der Waals surface area contributed by atoms with Gasteiger partial charge < -0.3 is 9.64 Å². The number of pyridine rings is 1. The van der Waals surface area contributed by atoms with E-state index in [0.29, 0.717) is 11.3 Å². The highest BCUT2D eigenvalue weighted by Gasteiger charge is 2.23. The van der Waals surface area contributed by atoms with Gasteiger partial charge in [0.2, 0.25) is 0 Å². The third-order valence-electron chi connectivity index (χ3n) is 3.89. The van der Waals surface area contributed by atoms with Crippen LogP contribution in [-0.4, -0.2) is 35.6 Å². The normalized spacial score (nSPS) is 14.1. The zero-order valence-electron chi connectivity index (χ0n) is 12.5. The predicted octanol–water partition coefficient (Wildman–Crippen LogP) is 2.08. The number of amides is 1. The highest BCUT2D eigenvalue weighted by molar-refractivity contribution is 5.96. The van der Waals surface area contributed by atoms with Crippen LogP contribution in [0.15, 0.2) is 47.4 Å². The summed E-state index contributed by atoms with van der Waals surface area (Å²) in [7, 11) is 1.47. The molecule has 0 atom stereocenters. The van der Waals surface area contributed by atoms with Crippen LogP contribution in [0, 0.1) is 0 Å². The summed E-state index contributed by atoms with van der Waals surface area (Å²) in [6.45, 7) is 1.51. The number of carbonyl (C=O) groups excluding carboxylic acids is 1. The lowest BCUT2D eigenvalue weighted by molar-refractivity contribution is 0.0788. The lowest BCUT2D eigenvalue weighted by atomic mass is 10.2. The monoisotopic (exact) mass is 298 g/mol. The van der Waals surface area contributed by atoms with E-state index in [1.165, 1.54) is 17.7 Å². The van der Waals surface area contributed by atoms with E-state index in [0.717, 1.165) is 31.6 Å². The molecule has 1 aromatic heterocycles. The number of hydrogen-bond donors (Lipinski definition) is 0. The van der Waals surface area contributed by atoms with E-state index in [9.17, 15) is 9.59 Å². The first-order chi connectivity index (χ1) is 10.7. The zero-order valence-corrected chi connectivity index (χ0v) is 12.5. The van der Waals surface area contributed by atoms with Gasteiger partial charge >= 0.3 is 0 Å². The van der Waals surface area contributed by atoms with Crippen molar-refractivity contribution >= 4 is 5.91 Å². The molecule has 1 fully saturated rings. The molecule has 1 aliphatic heterocycles. The van der Waals surface area contributed by atoms with Gasteiger partial charge in [0.05, 0.1) is 12.7 Å². The SMILES string of the molecule is COc1cc(=O)n(-c2ccccc2)cc1C(=O)N1CCCC1. The molecule has 5 nitrogen and oxygen atoms in total. The van der Waals surface area contributed by atoms with Crippen LogP contribution >= 0.6 is 0 Å². The molecule has 0 spiro atoms. The van der Waals surface area contributed by atoms with Crippen molar-refractivity contribution in [3.63, 3.8) is 0 Å². The minimum absolute atomic E-state index is 0.0842. The maximum Gasteiger partial charge on any atom is 0.259 e. The summed E-state index contributed by atoms with van der Waals surface area (Å²) in [4.78, 5) is 26.7. The van der Waals surface area contributed by atoms with E-state index in [-0.39, 0.29) is 11.5 Å². The van der Waals surface area contributed by atoms with Gasteiger partial charge in [-0.2, -0.15) is 0 Å². The molecule has 114 valence electrons. The van der Waals surface area contributed by atoms with E-state index >= 15 is 0 Å². The fraction of sp³-hybridized carbons (Fsp3) is 0.294. The van der Waals surface area contributed by atoms with E-state index in [1.54, 1.807) is 11.1 Å². The number of nitrogens with zero attached hydrogens (tertiary/aromatic N) is 2. The molecule has 1 aromatic carbocycles. The molecule has 0 unspecified atom stereocenters. The number of rotatable bonds is 3. The van der Waals surface area contributed by atoms with Gasteiger partial charge in [-0.25, -0.2) is 0 Å². The van der Waals surface area contributed by atoms with Crippen LogP contribution in [0.4, 0.5) is 0 Å². The van der Waals surface area contributed by atoms with Crippen molar-refractivity contribution in [2.45, 2.75) is 12.8 Å². The van der Waals surface area contributed by atoms with Gasteiger partial charge in [-0.05, 0) is 25.0 Å². The number of methoxy groups -OCH3 is 1. The Bertz CT molecular complexity index is 731. The second-order valence-corrected chi connectivity index (χ2v) is 5.30. The first-order valence-electron chi connectivity index (χ1n) is 7.36. The first-order valence-corrected chi connectivity index (χ1v) is 7.36. The summed E-state index contributed by atoms with van der Waals surface area (Å²) in [5, 5.41) is 0. The van der Waals surface area contributed by atoms with E-state index in [4.69, 9.17) is 4.74 Å². The van der Waals surface area contributed by atoms with Gasteiger partial charge in [0.1, 0.15) is 5.75 Å². The van der Waals surface area contributed by atoms with Crippen LogP contribution in [0.1, 0.15) is 23.2 Å². The Kier molecular flexibility index (Phi) is 3.96. The molecule has 3 rings (SSSR count). The van der Waals surface area contributed by atoms with Gasteiger partial charge in [0.25, 0.3) is 11.5 Å². The molecule has 2 heterocycles. The number of ether oxygens (including phenoxy) is 1. The Morgan fingerprint density at radius 1 is 1.14 bits per heavy atom. The summed E-state index contributed by atoms with van der Waals surface area (Å²) >= 11 is 0. The van der Waals surface area contributed by atoms with Crippen LogP contribution < -0.4 is 10.3 Å². The van der Waals surface area contributed by atoms with E-state index in [1.807, 2.05) is 30.3 Å². The minimum Gasteiger partial charge on any atom is -0.496 e. The number of aromatic nitrogens is 1. The van der Waals surface area contributed by atoms with Crippen LogP contribution in [0.5, 0.6) is 5.75 Å². The Morgan fingerprint density at radius 2 is 1.82 bits per heavy atom. The van der Waals surface area contributed by atoms with Crippen molar-refractivity contribution in [3.05, 3.63) is 58.5 Å². The molecular weight excluding hydrogens is 280 g/mol. The third-order valence-corrected chi connectivity index (χ3v) is 3.89. The number of benzene rings is 1. The Balaban J connectivity index is 2.08. The quantitative estimate of drug-likeness (QED) is 0.872. The smallest absolute Gasteiger partial charge is 0.259 e. The number of para-hydroxylation sites is 1. The molecule has 22 heavy (non-hydrogen) atoms. The van der Waals surface area contributed by atoms with Crippen molar-refractivity contribution < 1.29 is 9.53 Å². The largest absolute Gasteiger partial charge is 0.496 e. The van der Waals surface area contributed by atoms with Crippen molar-refractivity contribution in [2.24, 2.45) is 0 Å². The fourth-order valence-electron chi connectivity index (χ4n) is 2.73. The summed E-state index contributed by atoms with van der Waals surface area (Å²) in [6, 6.07) is 10.6. The highest BCUT2D eigenvalue weighted by atomic mass is 16.5. The topological polar surface area (TPSA) is 51.5 Å². The second kappa shape index (κ2) is 6.05. The molecule has 0 radical (unpaired) electrons. The van der Waals surface area contributed by atoms with E-state index < -0.39 is 0 Å². The maximum absolute atomic E-state index is 12.7. The lowest BCUT2D eigenvalue weighted by Gasteiger charge is -2.18. The van der Waals surface area contributed by atoms with Crippen molar-refractivity contribution in [1.29, 1.82) is 0 Å². The predicted molar refractivity (Wildman–Crippen MR) is 83.7 cm³/mol. The summed E-state index contributed by atoms with van der Waals surface area (Å²) in [5.74, 6) is 0.244. The minimum atomic E-state index is -0.221. The Hall–Kier alpha value is -2.56. The number of likely N-dealkylation sites (tertiary alicyclic amines) is 1. The molecule has 0 N–H and O–H groups in total. The van der Waals surface area contributed by atoms with Crippen LogP contribution in [-0.2, 0) is 0 Å². The molecule has 2 aromatic rings. The summed E-state index contributed by atoms with van der Waals surface area (Å²) in [5.41, 5.74) is 0.930. The average molecular weight is 298 g/mol. The van der Waals surface area contributed by atoms with Gasteiger partial charge in [-0.3, -0.25) is 14.2 Å². The molecular formula is C17H18N2O3. The molecule has 5 heteroatoms. The lowest BCUT2D eigenvalue weighted by Crippen LogP contribution is -2.30. The molecule has 0 saturated carbocycles. The van der Waals surface area contributed by atoms with Crippen LogP contribution in [0.2, 0.25) is 0 Å². The number of hydrogen-bond acceptors (Lipinski definition) is 3. The van der Waals surface area contributed by atoms with Gasteiger partial charge in [-0.15, -0.1) is 0 Å². The summed E-state index contributed by atoms with van der Waals surface area (Å²) in [6.07, 6.45) is 3.62. The zero-order chi connectivity index (χ0) is 15.5. The average Bonchev–Trinajstić information content (AvgIpc) is 3.09. The van der Waals surface area contributed by atoms with Gasteiger partial charge in [-0.1, -0.05) is 18.2 Å². The van der Waals surface area contributed by atoms with Crippen molar-refractivity contribution in [2.75, 3.05) is 20.2 Å². The Labute approximate surface area is 128 Å². The molecule has 1 saturated heterocycles. The number of carbonyl (C=O) groups is 1. The van der Waals surface area contributed by atoms with Gasteiger partial charge in [0, 0.05) is 31.0 Å². The fourth-order valence-corrected chi connectivity index (χ4v) is 2.73. The Morgan fingerprint density at radius 3 is 2.45 bits per heavy atom. The second-order valence-electron chi connectivity index (χ2n) is 5.30. The molecule has 1 aliphatic rings. The molecule has 0 aliphatic carbocycles. The van der Waals surface area contributed by atoms with Gasteiger partial charge in [0.15, 0.2) is 0 Å². The molecule has 0 bridgehead atoms. The van der Waals surface area contributed by atoms with Crippen molar-refractivity contribution in [1.82, 2.24) is 9.47 Å².